The van der Waals surface area contributed by atoms with Crippen LogP contribution in [0.4, 0.5) is 17.1 Å². The minimum Gasteiger partial charge on any atom is -0.456 e. The van der Waals surface area contributed by atoms with Crippen molar-refractivity contribution in [1.82, 2.24) is 0 Å². The lowest BCUT2D eigenvalue weighted by Gasteiger charge is -2.32. The molecule has 0 atom stereocenters. The van der Waals surface area contributed by atoms with Crippen LogP contribution in [0.25, 0.3) is 66.4 Å². The van der Waals surface area contributed by atoms with E-state index in [1.807, 2.05) is 0 Å². The third kappa shape index (κ3) is 5.32. The molecule has 0 spiro atoms. The lowest BCUT2D eigenvalue weighted by Crippen LogP contribution is -2.24. The van der Waals surface area contributed by atoms with Crippen LogP contribution in [0.5, 0.6) is 0 Å². The fourth-order valence-corrected chi connectivity index (χ4v) is 9.23. The Kier molecular flexibility index (Phi) is 7.99. The van der Waals surface area contributed by atoms with Gasteiger partial charge in [-0.2, -0.15) is 0 Å². The Labute approximate surface area is 323 Å². The van der Waals surface area contributed by atoms with Crippen LogP contribution in [0.3, 0.4) is 0 Å². The van der Waals surface area contributed by atoms with E-state index in [0.29, 0.717) is 0 Å². The van der Waals surface area contributed by atoms with Crippen molar-refractivity contribution in [3.63, 3.8) is 0 Å². The molecule has 264 valence electrons. The lowest BCUT2D eigenvalue weighted by atomic mass is 9.71. The Morgan fingerprint density at radius 1 is 0.400 bits per heavy atom. The predicted molar refractivity (Wildman–Crippen MR) is 232 cm³/mol. The maximum absolute atomic E-state index is 6.75. The molecule has 9 aromatic rings. The lowest BCUT2D eigenvalue weighted by molar-refractivity contribution is 0.487. The van der Waals surface area contributed by atoms with Crippen molar-refractivity contribution in [3.05, 3.63) is 199 Å². The first-order valence-corrected chi connectivity index (χ1v) is 19.5. The zero-order chi connectivity index (χ0) is 36.9. The van der Waals surface area contributed by atoms with Crippen molar-refractivity contribution in [2.24, 2.45) is 0 Å². The Hall–Kier alpha value is -6.64. The minimum atomic E-state index is -0.190. The number of hydrogen-bond donors (Lipinski definition) is 0. The van der Waals surface area contributed by atoms with Crippen molar-refractivity contribution in [2.45, 2.75) is 32.1 Å². The average Bonchev–Trinajstić information content (AvgIpc) is 3.79. The Morgan fingerprint density at radius 3 is 1.56 bits per heavy atom. The van der Waals surface area contributed by atoms with E-state index in [2.05, 4.69) is 207 Å². The molecule has 1 aromatic heterocycles. The molecule has 10 rings (SSSR count). The number of nitrogens with zero attached hydrogens (tertiary/aromatic N) is 1. The summed E-state index contributed by atoms with van der Waals surface area (Å²) in [6.45, 7) is 4.69. The monoisotopic (exact) mass is 707 g/mol. The second-order valence-corrected chi connectivity index (χ2v) is 14.7. The van der Waals surface area contributed by atoms with Crippen molar-refractivity contribution >= 4 is 39.0 Å². The average molecular weight is 708 g/mol. The smallest absolute Gasteiger partial charge is 0.140 e. The zero-order valence-corrected chi connectivity index (χ0v) is 31.2. The van der Waals surface area contributed by atoms with Crippen LogP contribution in [0.15, 0.2) is 192 Å². The van der Waals surface area contributed by atoms with E-state index in [1.54, 1.807) is 0 Å². The molecule has 2 nitrogen and oxygen atoms in total. The van der Waals surface area contributed by atoms with Gasteiger partial charge in [0.05, 0.1) is 0 Å². The molecule has 55 heavy (non-hydrogen) atoms. The van der Waals surface area contributed by atoms with Crippen LogP contribution in [-0.2, 0) is 5.41 Å². The molecule has 0 fully saturated rings. The van der Waals surface area contributed by atoms with E-state index < -0.39 is 0 Å². The number of para-hydroxylation sites is 1. The quantitative estimate of drug-likeness (QED) is 0.156. The molecule has 1 heterocycles. The highest BCUT2D eigenvalue weighted by atomic mass is 16.3. The Bertz CT molecular complexity index is 2730. The van der Waals surface area contributed by atoms with Gasteiger partial charge in [-0.05, 0) is 111 Å². The van der Waals surface area contributed by atoms with E-state index in [9.17, 15) is 0 Å². The number of anilines is 3. The summed E-state index contributed by atoms with van der Waals surface area (Å²) in [6, 6.07) is 68.1. The summed E-state index contributed by atoms with van der Waals surface area (Å²) in [7, 11) is 0. The summed E-state index contributed by atoms with van der Waals surface area (Å²) < 4.78 is 6.75. The number of furan rings is 1. The molecule has 2 heteroatoms. The summed E-state index contributed by atoms with van der Waals surface area (Å²) in [4.78, 5) is 2.38. The molecular formula is C53H41NO. The van der Waals surface area contributed by atoms with Crippen molar-refractivity contribution in [2.75, 3.05) is 4.90 Å². The second-order valence-electron chi connectivity index (χ2n) is 14.7. The molecule has 0 radical (unpaired) electrons. The van der Waals surface area contributed by atoms with Crippen LogP contribution < -0.4 is 4.90 Å². The summed E-state index contributed by atoms with van der Waals surface area (Å²) in [5, 5.41) is 2.38. The van der Waals surface area contributed by atoms with Crippen molar-refractivity contribution < 1.29 is 4.42 Å². The maximum atomic E-state index is 6.75. The van der Waals surface area contributed by atoms with Crippen LogP contribution >= 0.6 is 0 Å². The Morgan fingerprint density at radius 2 is 0.927 bits per heavy atom. The van der Waals surface area contributed by atoms with E-state index in [1.165, 1.54) is 66.4 Å². The molecule has 0 amide bonds. The third-order valence-electron chi connectivity index (χ3n) is 11.9. The molecule has 0 saturated heterocycles. The molecule has 0 saturated carbocycles. The number of hydrogen-bond acceptors (Lipinski definition) is 2. The molecule has 0 aliphatic heterocycles. The van der Waals surface area contributed by atoms with Gasteiger partial charge >= 0.3 is 0 Å². The fraction of sp³-hybridized carbons (Fsp3) is 0.0943. The van der Waals surface area contributed by atoms with Gasteiger partial charge < -0.3 is 9.32 Å². The first-order chi connectivity index (χ1) is 27.2. The van der Waals surface area contributed by atoms with Gasteiger partial charge in [-0.25, -0.2) is 0 Å². The Balaban J connectivity index is 1.12. The molecule has 8 aromatic carbocycles. The fourth-order valence-electron chi connectivity index (χ4n) is 9.23. The standard InChI is InChI=1S/C53H41NO/c1-3-53(4-2)50-44(22-14-23-46(50)47-33-34-48-45-21-11-12-24-49(45)55-52(48)51(47)53)40-19-13-20-43(35-40)54(41-29-25-38(26-30-41)36-15-7-5-8-16-36)42-31-27-39(28-32-42)37-17-9-6-10-18-37/h5-35H,3-4H2,1-2H3. The van der Waals surface area contributed by atoms with Gasteiger partial charge in [0.1, 0.15) is 11.2 Å². The van der Waals surface area contributed by atoms with Gasteiger partial charge in [-0.15, -0.1) is 0 Å². The van der Waals surface area contributed by atoms with Gasteiger partial charge in [0.15, 0.2) is 0 Å². The number of fused-ring (bicyclic) bond motifs is 7. The highest BCUT2D eigenvalue weighted by Crippen LogP contribution is 2.58. The first kappa shape index (κ1) is 33.0. The largest absolute Gasteiger partial charge is 0.456 e. The van der Waals surface area contributed by atoms with Gasteiger partial charge in [-0.3, -0.25) is 0 Å². The highest BCUT2D eigenvalue weighted by molar-refractivity contribution is 6.09. The van der Waals surface area contributed by atoms with Crippen molar-refractivity contribution in [3.8, 4) is 44.5 Å². The molecule has 0 bridgehead atoms. The number of benzene rings is 8. The molecule has 0 N–H and O–H groups in total. The zero-order valence-electron chi connectivity index (χ0n) is 31.2. The van der Waals surface area contributed by atoms with Crippen LogP contribution in [0.2, 0.25) is 0 Å². The van der Waals surface area contributed by atoms with Gasteiger partial charge in [0.25, 0.3) is 0 Å². The summed E-state index contributed by atoms with van der Waals surface area (Å²) >= 11 is 0. The maximum Gasteiger partial charge on any atom is 0.140 e. The summed E-state index contributed by atoms with van der Waals surface area (Å²) in [5.74, 6) is 0. The van der Waals surface area contributed by atoms with Crippen LogP contribution in [-0.4, -0.2) is 0 Å². The summed E-state index contributed by atoms with van der Waals surface area (Å²) in [5.41, 5.74) is 17.8. The van der Waals surface area contributed by atoms with Gasteiger partial charge in [0, 0.05) is 38.8 Å². The minimum absolute atomic E-state index is 0.190. The van der Waals surface area contributed by atoms with Crippen LogP contribution in [0.1, 0.15) is 37.8 Å². The molecule has 1 aliphatic rings. The normalized spacial score (nSPS) is 12.8. The molecule has 1 aliphatic carbocycles. The second kappa shape index (κ2) is 13.3. The van der Waals surface area contributed by atoms with Gasteiger partial charge in [0.2, 0.25) is 0 Å². The van der Waals surface area contributed by atoms with E-state index in [-0.39, 0.29) is 5.41 Å². The molecule has 0 unspecified atom stereocenters. The predicted octanol–water partition coefficient (Wildman–Crippen LogP) is 15.1. The van der Waals surface area contributed by atoms with E-state index in [0.717, 1.165) is 41.1 Å². The SMILES string of the molecule is CCC1(CC)c2c(-c3cccc(N(c4ccc(-c5ccccc5)cc4)c4ccc(-c5ccccc5)cc4)c3)cccc2-c2ccc3c(oc4ccccc43)c21. The van der Waals surface area contributed by atoms with E-state index in [4.69, 9.17) is 4.42 Å². The molecular weight excluding hydrogens is 667 g/mol. The summed E-state index contributed by atoms with van der Waals surface area (Å²) in [6.07, 6.45) is 1.95. The van der Waals surface area contributed by atoms with Crippen molar-refractivity contribution in [1.29, 1.82) is 0 Å². The van der Waals surface area contributed by atoms with E-state index >= 15 is 0 Å². The third-order valence-corrected chi connectivity index (χ3v) is 11.9. The topological polar surface area (TPSA) is 16.4 Å². The van der Waals surface area contributed by atoms with Crippen LogP contribution in [0, 0.1) is 0 Å². The first-order valence-electron chi connectivity index (χ1n) is 19.5. The highest BCUT2D eigenvalue weighted by Gasteiger charge is 2.44. The van der Waals surface area contributed by atoms with Gasteiger partial charge in [-0.1, -0.05) is 153 Å². The number of rotatable bonds is 8.